The Balaban J connectivity index is 3.22. The van der Waals surface area contributed by atoms with Gasteiger partial charge in [0.05, 0.1) is 5.69 Å². The summed E-state index contributed by atoms with van der Waals surface area (Å²) in [7, 11) is 0. The van der Waals surface area contributed by atoms with Crippen LogP contribution in [0.5, 0.6) is 0 Å². The van der Waals surface area contributed by atoms with Crippen LogP contribution in [0.3, 0.4) is 0 Å². The number of carbonyl (C=O) groups excluding carboxylic acids is 1. The van der Waals surface area contributed by atoms with Gasteiger partial charge in [-0.05, 0) is 57.0 Å². The quantitative estimate of drug-likeness (QED) is 0.500. The van der Waals surface area contributed by atoms with E-state index < -0.39 is 0 Å². The molecule has 3 heteroatoms. The van der Waals surface area contributed by atoms with Crippen molar-refractivity contribution in [3.8, 4) is 0 Å². The first kappa shape index (κ1) is 14.0. The fraction of sp³-hybridized carbons (Fsp3) is 0.267. The number of rotatable bonds is 4. The van der Waals surface area contributed by atoms with Crippen molar-refractivity contribution in [1.82, 2.24) is 0 Å². The number of hydrogen-bond donors (Lipinski definition) is 1. The minimum Gasteiger partial charge on any atom is -0.508 e. The zero-order chi connectivity index (χ0) is 13.7. The zero-order valence-electron chi connectivity index (χ0n) is 11.3. The maximum absolute atomic E-state index is 11.3. The van der Waals surface area contributed by atoms with E-state index in [0.29, 0.717) is 5.70 Å². The second-order valence-corrected chi connectivity index (χ2v) is 4.26. The van der Waals surface area contributed by atoms with Crippen LogP contribution in [0, 0.1) is 13.8 Å². The number of benzene rings is 1. The fourth-order valence-electron chi connectivity index (χ4n) is 1.68. The summed E-state index contributed by atoms with van der Waals surface area (Å²) < 4.78 is 0. The van der Waals surface area contributed by atoms with Gasteiger partial charge in [0.15, 0.2) is 0 Å². The smallest absolute Gasteiger partial charge is 0.218 e. The van der Waals surface area contributed by atoms with Crippen molar-refractivity contribution >= 4 is 12.1 Å². The van der Waals surface area contributed by atoms with Gasteiger partial charge in [-0.3, -0.25) is 9.69 Å². The van der Waals surface area contributed by atoms with Crippen molar-refractivity contribution in [2.45, 2.75) is 27.7 Å². The fourth-order valence-corrected chi connectivity index (χ4v) is 1.68. The van der Waals surface area contributed by atoms with E-state index in [1.165, 1.54) is 4.90 Å². The summed E-state index contributed by atoms with van der Waals surface area (Å²) in [6.45, 7) is 7.46. The van der Waals surface area contributed by atoms with Gasteiger partial charge < -0.3 is 5.11 Å². The number of aliphatic hydroxyl groups excluding tert-OH is 1. The molecule has 0 saturated heterocycles. The highest BCUT2D eigenvalue weighted by atomic mass is 16.3. The summed E-state index contributed by atoms with van der Waals surface area (Å²) in [5, 5.41) is 9.49. The minimum atomic E-state index is 0.143. The van der Waals surface area contributed by atoms with Crippen molar-refractivity contribution in [3.05, 3.63) is 52.9 Å². The Morgan fingerprint density at radius 1 is 1.33 bits per heavy atom. The highest BCUT2D eigenvalue weighted by Crippen LogP contribution is 2.24. The summed E-state index contributed by atoms with van der Waals surface area (Å²) in [6, 6.07) is 5.93. The number of allylic oxidation sites excluding steroid dienone is 3. The van der Waals surface area contributed by atoms with Gasteiger partial charge in [-0.25, -0.2) is 0 Å². The van der Waals surface area contributed by atoms with Crippen LogP contribution in [-0.2, 0) is 4.79 Å². The number of hydrogen-bond acceptors (Lipinski definition) is 2. The molecule has 3 nitrogen and oxygen atoms in total. The molecule has 0 aromatic heterocycles. The number of amides is 1. The minimum absolute atomic E-state index is 0.143. The van der Waals surface area contributed by atoms with Gasteiger partial charge in [0.1, 0.15) is 5.76 Å². The summed E-state index contributed by atoms with van der Waals surface area (Å²) >= 11 is 0. The first-order valence-corrected chi connectivity index (χ1v) is 5.85. The second kappa shape index (κ2) is 6.05. The number of nitrogens with zero attached hydrogens (tertiary/aromatic N) is 1. The summed E-state index contributed by atoms with van der Waals surface area (Å²) in [5.74, 6) is 0.143. The van der Waals surface area contributed by atoms with Crippen LogP contribution >= 0.6 is 0 Å². The van der Waals surface area contributed by atoms with Crippen LogP contribution < -0.4 is 4.90 Å². The van der Waals surface area contributed by atoms with E-state index in [9.17, 15) is 9.90 Å². The molecular weight excluding hydrogens is 226 g/mol. The summed E-state index contributed by atoms with van der Waals surface area (Å²) in [4.78, 5) is 12.8. The molecule has 1 amide bonds. The Hall–Kier alpha value is -2.03. The normalized spacial score (nSPS) is 12.4. The van der Waals surface area contributed by atoms with E-state index in [-0.39, 0.29) is 5.76 Å². The first-order valence-electron chi connectivity index (χ1n) is 5.85. The largest absolute Gasteiger partial charge is 0.508 e. The van der Waals surface area contributed by atoms with Gasteiger partial charge >= 0.3 is 0 Å². The topological polar surface area (TPSA) is 40.5 Å². The SMILES string of the molecule is C/C=C(O)\C=C(\C)N(C=O)c1cc(C)ccc1C. The lowest BCUT2D eigenvalue weighted by Crippen LogP contribution is -2.19. The van der Waals surface area contributed by atoms with E-state index in [2.05, 4.69) is 0 Å². The molecule has 0 saturated carbocycles. The summed E-state index contributed by atoms with van der Waals surface area (Å²) in [5.41, 5.74) is 3.61. The van der Waals surface area contributed by atoms with E-state index in [1.54, 1.807) is 26.0 Å². The Kier molecular flexibility index (Phi) is 4.72. The van der Waals surface area contributed by atoms with Gasteiger partial charge in [0, 0.05) is 5.70 Å². The van der Waals surface area contributed by atoms with Crippen molar-refractivity contribution in [3.63, 3.8) is 0 Å². The third-order valence-corrected chi connectivity index (χ3v) is 2.76. The van der Waals surface area contributed by atoms with Crippen LogP contribution in [0.2, 0.25) is 0 Å². The van der Waals surface area contributed by atoms with Crippen LogP contribution in [-0.4, -0.2) is 11.5 Å². The van der Waals surface area contributed by atoms with Crippen LogP contribution in [0.25, 0.3) is 0 Å². The molecule has 0 aliphatic carbocycles. The molecule has 1 N–H and O–H groups in total. The van der Waals surface area contributed by atoms with Crippen molar-refractivity contribution < 1.29 is 9.90 Å². The number of carbonyl (C=O) groups is 1. The molecule has 0 heterocycles. The molecule has 1 aromatic rings. The van der Waals surface area contributed by atoms with E-state index >= 15 is 0 Å². The van der Waals surface area contributed by atoms with Gasteiger partial charge in [-0.15, -0.1) is 0 Å². The third-order valence-electron chi connectivity index (χ3n) is 2.76. The van der Waals surface area contributed by atoms with Crippen molar-refractivity contribution in [2.24, 2.45) is 0 Å². The van der Waals surface area contributed by atoms with Gasteiger partial charge in [-0.2, -0.15) is 0 Å². The average molecular weight is 245 g/mol. The summed E-state index contributed by atoms with van der Waals surface area (Å²) in [6.07, 6.45) is 3.91. The molecule has 0 atom stereocenters. The molecule has 18 heavy (non-hydrogen) atoms. The lowest BCUT2D eigenvalue weighted by atomic mass is 10.1. The lowest BCUT2D eigenvalue weighted by Gasteiger charge is -2.20. The van der Waals surface area contributed by atoms with Gasteiger partial charge in [-0.1, -0.05) is 12.1 Å². The maximum atomic E-state index is 11.3. The van der Waals surface area contributed by atoms with E-state index in [0.717, 1.165) is 23.2 Å². The third kappa shape index (κ3) is 3.23. The molecule has 0 bridgehead atoms. The predicted octanol–water partition coefficient (Wildman–Crippen LogP) is 3.63. The molecule has 0 radical (unpaired) electrons. The van der Waals surface area contributed by atoms with E-state index in [4.69, 9.17) is 0 Å². The molecule has 96 valence electrons. The monoisotopic (exact) mass is 245 g/mol. The molecule has 0 aliphatic heterocycles. The Bertz CT molecular complexity index is 501. The predicted molar refractivity (Wildman–Crippen MR) is 74.6 cm³/mol. The van der Waals surface area contributed by atoms with Crippen LogP contribution in [0.1, 0.15) is 25.0 Å². The van der Waals surface area contributed by atoms with Gasteiger partial charge in [0.2, 0.25) is 6.41 Å². The van der Waals surface area contributed by atoms with Gasteiger partial charge in [0.25, 0.3) is 0 Å². The molecular formula is C15H19NO2. The second-order valence-electron chi connectivity index (χ2n) is 4.26. The Morgan fingerprint density at radius 3 is 2.56 bits per heavy atom. The van der Waals surface area contributed by atoms with Crippen molar-refractivity contribution in [1.29, 1.82) is 0 Å². The zero-order valence-corrected chi connectivity index (χ0v) is 11.3. The molecule has 0 spiro atoms. The molecule has 0 aliphatic rings. The standard InChI is InChI=1S/C15H19NO2/c1-5-14(18)9-13(4)16(10-17)15-8-11(2)6-7-12(15)3/h5-10,18H,1-4H3/b13-9-,14-5+. The molecule has 1 aromatic carbocycles. The highest BCUT2D eigenvalue weighted by molar-refractivity contribution is 5.81. The van der Waals surface area contributed by atoms with Crippen LogP contribution in [0.4, 0.5) is 5.69 Å². The number of aryl methyl sites for hydroxylation is 2. The average Bonchev–Trinajstić information content (AvgIpc) is 2.34. The molecule has 0 fully saturated rings. The van der Waals surface area contributed by atoms with E-state index in [1.807, 2.05) is 32.0 Å². The highest BCUT2D eigenvalue weighted by Gasteiger charge is 2.10. The van der Waals surface area contributed by atoms with Crippen LogP contribution in [0.15, 0.2) is 41.8 Å². The maximum Gasteiger partial charge on any atom is 0.218 e. The molecule has 0 unspecified atom stereocenters. The number of aliphatic hydroxyl groups is 1. The Labute approximate surface area is 108 Å². The first-order chi connectivity index (χ1) is 8.49. The number of anilines is 1. The molecule has 1 rings (SSSR count). The van der Waals surface area contributed by atoms with Crippen molar-refractivity contribution in [2.75, 3.05) is 4.90 Å². The lowest BCUT2D eigenvalue weighted by molar-refractivity contribution is -0.107. The Morgan fingerprint density at radius 2 is 2.00 bits per heavy atom.